The number of carbonyl (C=O) groups is 1. The van der Waals surface area contributed by atoms with Gasteiger partial charge in [0.2, 0.25) is 5.91 Å². The molecule has 7 heteroatoms. The summed E-state index contributed by atoms with van der Waals surface area (Å²) in [6.45, 7) is 5.39. The molecule has 2 rings (SSSR count). The van der Waals surface area contributed by atoms with Crippen LogP contribution in [0.4, 0.5) is 0 Å². The lowest BCUT2D eigenvalue weighted by Gasteiger charge is -2.34. The number of rotatable bonds is 7. The Bertz CT molecular complexity index is 640. The van der Waals surface area contributed by atoms with E-state index in [2.05, 4.69) is 22.5 Å². The molecule has 0 bridgehead atoms. The number of benzene rings is 1. The quantitative estimate of drug-likeness (QED) is 0.499. The molecule has 1 amide bonds. The smallest absolute Gasteiger partial charge is 0.220 e. The highest BCUT2D eigenvalue weighted by Crippen LogP contribution is 2.26. The highest BCUT2D eigenvalue weighted by molar-refractivity contribution is 5.80. The molecule has 3 N–H and O–H groups in total. The molecule has 1 saturated heterocycles. The van der Waals surface area contributed by atoms with Crippen molar-refractivity contribution in [3.63, 3.8) is 0 Å². The van der Waals surface area contributed by atoms with Gasteiger partial charge in [0.05, 0.1) is 7.11 Å². The van der Waals surface area contributed by atoms with Crippen LogP contribution in [0.5, 0.6) is 11.5 Å². The molecular weight excluding hydrogens is 344 g/mol. The van der Waals surface area contributed by atoms with Gasteiger partial charge in [0.15, 0.2) is 17.5 Å². The molecule has 0 aliphatic carbocycles. The van der Waals surface area contributed by atoms with Crippen molar-refractivity contribution in [2.75, 3.05) is 40.3 Å². The number of phenols is 1. The first-order valence-electron chi connectivity index (χ1n) is 9.67. The van der Waals surface area contributed by atoms with Crippen LogP contribution in [0.3, 0.4) is 0 Å². The van der Waals surface area contributed by atoms with Gasteiger partial charge < -0.3 is 25.4 Å². The summed E-state index contributed by atoms with van der Waals surface area (Å²) < 4.78 is 5.16. The van der Waals surface area contributed by atoms with Crippen LogP contribution in [-0.4, -0.2) is 62.2 Å². The zero-order chi connectivity index (χ0) is 19.6. The molecule has 1 aromatic carbocycles. The number of phenolic OH excluding ortho intramolecular Hbond substituents is 1. The molecule has 27 heavy (non-hydrogen) atoms. The van der Waals surface area contributed by atoms with Gasteiger partial charge in [-0.2, -0.15) is 0 Å². The highest BCUT2D eigenvalue weighted by Gasteiger charge is 2.23. The summed E-state index contributed by atoms with van der Waals surface area (Å²) in [5, 5.41) is 15.8. The Morgan fingerprint density at radius 1 is 1.37 bits per heavy atom. The second-order valence-corrected chi connectivity index (χ2v) is 6.80. The predicted octanol–water partition coefficient (Wildman–Crippen LogP) is 1.76. The Morgan fingerprint density at radius 2 is 2.11 bits per heavy atom. The lowest BCUT2D eigenvalue weighted by atomic mass is 9.93. The van der Waals surface area contributed by atoms with Crippen LogP contribution in [0.2, 0.25) is 0 Å². The molecule has 1 aromatic rings. The highest BCUT2D eigenvalue weighted by atomic mass is 16.5. The number of amides is 1. The van der Waals surface area contributed by atoms with E-state index in [0.29, 0.717) is 24.6 Å². The van der Waals surface area contributed by atoms with Crippen LogP contribution >= 0.6 is 0 Å². The van der Waals surface area contributed by atoms with Crippen LogP contribution in [0.25, 0.3) is 0 Å². The van der Waals surface area contributed by atoms with Crippen molar-refractivity contribution in [3.05, 3.63) is 23.8 Å². The number of hydrogen-bond acceptors (Lipinski definition) is 4. The molecule has 0 saturated carbocycles. The van der Waals surface area contributed by atoms with Gasteiger partial charge in [-0.25, -0.2) is 0 Å². The Labute approximate surface area is 161 Å². The SMILES string of the molecule is CCNC(=NCCc1ccc(O)c(OC)c1)N1CCC(CC(=O)NC)CC1. The van der Waals surface area contributed by atoms with E-state index >= 15 is 0 Å². The fraction of sp³-hybridized carbons (Fsp3) is 0.600. The molecule has 7 nitrogen and oxygen atoms in total. The fourth-order valence-electron chi connectivity index (χ4n) is 3.31. The van der Waals surface area contributed by atoms with E-state index in [1.54, 1.807) is 20.2 Å². The predicted molar refractivity (Wildman–Crippen MR) is 107 cm³/mol. The number of aromatic hydroxyl groups is 1. The number of nitrogens with zero attached hydrogens (tertiary/aromatic N) is 2. The number of hydrogen-bond donors (Lipinski definition) is 3. The van der Waals surface area contributed by atoms with E-state index in [9.17, 15) is 9.90 Å². The maximum Gasteiger partial charge on any atom is 0.220 e. The topological polar surface area (TPSA) is 86.2 Å². The van der Waals surface area contributed by atoms with Crippen molar-refractivity contribution in [2.45, 2.75) is 32.6 Å². The van der Waals surface area contributed by atoms with E-state index in [4.69, 9.17) is 9.73 Å². The van der Waals surface area contributed by atoms with Gasteiger partial charge in [-0.3, -0.25) is 9.79 Å². The summed E-state index contributed by atoms with van der Waals surface area (Å²) in [6.07, 6.45) is 3.40. The van der Waals surface area contributed by atoms with E-state index < -0.39 is 0 Å². The number of likely N-dealkylation sites (tertiary alicyclic amines) is 1. The monoisotopic (exact) mass is 376 g/mol. The Balaban J connectivity index is 1.90. The first kappa shape index (κ1) is 20.9. The number of carbonyl (C=O) groups excluding carboxylic acids is 1. The second-order valence-electron chi connectivity index (χ2n) is 6.80. The van der Waals surface area contributed by atoms with E-state index in [1.165, 1.54) is 0 Å². The molecule has 0 atom stereocenters. The minimum absolute atomic E-state index is 0.123. The van der Waals surface area contributed by atoms with Crippen LogP contribution in [0.15, 0.2) is 23.2 Å². The van der Waals surface area contributed by atoms with Crippen molar-refractivity contribution in [1.29, 1.82) is 0 Å². The number of aliphatic imine (C=N–C) groups is 1. The molecule has 0 spiro atoms. The molecule has 0 aromatic heterocycles. The number of nitrogens with one attached hydrogen (secondary N) is 2. The summed E-state index contributed by atoms with van der Waals surface area (Å²) in [5.74, 6) is 2.15. The van der Waals surface area contributed by atoms with Crippen molar-refractivity contribution in [3.8, 4) is 11.5 Å². The largest absolute Gasteiger partial charge is 0.504 e. The summed E-state index contributed by atoms with van der Waals surface area (Å²) in [6, 6.07) is 5.40. The Kier molecular flexibility index (Phi) is 8.23. The number of ether oxygens (including phenoxy) is 1. The summed E-state index contributed by atoms with van der Waals surface area (Å²) >= 11 is 0. The number of piperidine rings is 1. The van der Waals surface area contributed by atoms with E-state index in [0.717, 1.165) is 50.4 Å². The third-order valence-corrected chi connectivity index (χ3v) is 4.91. The Morgan fingerprint density at radius 3 is 2.74 bits per heavy atom. The minimum atomic E-state index is 0.123. The van der Waals surface area contributed by atoms with E-state index in [1.807, 2.05) is 12.1 Å². The third kappa shape index (κ3) is 6.34. The van der Waals surface area contributed by atoms with Gasteiger partial charge >= 0.3 is 0 Å². The second kappa shape index (κ2) is 10.6. The zero-order valence-electron chi connectivity index (χ0n) is 16.6. The van der Waals surface area contributed by atoms with Gasteiger partial charge in [-0.05, 0) is 49.8 Å². The van der Waals surface area contributed by atoms with Crippen LogP contribution < -0.4 is 15.4 Å². The molecule has 1 heterocycles. The lowest BCUT2D eigenvalue weighted by Crippen LogP contribution is -2.46. The standard InChI is InChI=1S/C20H32N4O3/c1-4-22-20(24-11-8-16(9-12-24)14-19(26)21-2)23-10-7-15-5-6-17(25)18(13-15)27-3/h5-6,13,16,25H,4,7-12,14H2,1-3H3,(H,21,26)(H,22,23). The first-order chi connectivity index (χ1) is 13.1. The molecule has 0 unspecified atom stereocenters. The van der Waals surface area contributed by atoms with Gasteiger partial charge in [0, 0.05) is 39.6 Å². The van der Waals surface area contributed by atoms with Gasteiger partial charge in [0.25, 0.3) is 0 Å². The zero-order valence-corrected chi connectivity index (χ0v) is 16.6. The maximum absolute atomic E-state index is 11.6. The summed E-state index contributed by atoms with van der Waals surface area (Å²) in [7, 11) is 3.24. The minimum Gasteiger partial charge on any atom is -0.504 e. The summed E-state index contributed by atoms with van der Waals surface area (Å²) in [4.78, 5) is 18.6. The Hall–Kier alpha value is -2.44. The van der Waals surface area contributed by atoms with Crippen LogP contribution in [0.1, 0.15) is 31.7 Å². The normalized spacial score (nSPS) is 15.5. The van der Waals surface area contributed by atoms with Crippen molar-refractivity contribution in [1.82, 2.24) is 15.5 Å². The molecule has 1 fully saturated rings. The number of methoxy groups -OCH3 is 1. The molecule has 0 radical (unpaired) electrons. The summed E-state index contributed by atoms with van der Waals surface area (Å²) in [5.41, 5.74) is 1.08. The van der Waals surface area contributed by atoms with Crippen LogP contribution in [0, 0.1) is 5.92 Å². The molecular formula is C20H32N4O3. The first-order valence-corrected chi connectivity index (χ1v) is 9.67. The van der Waals surface area contributed by atoms with Gasteiger partial charge in [-0.15, -0.1) is 0 Å². The van der Waals surface area contributed by atoms with Gasteiger partial charge in [-0.1, -0.05) is 6.07 Å². The van der Waals surface area contributed by atoms with E-state index in [-0.39, 0.29) is 11.7 Å². The van der Waals surface area contributed by atoms with Crippen LogP contribution in [-0.2, 0) is 11.2 Å². The molecule has 1 aliphatic rings. The lowest BCUT2D eigenvalue weighted by molar-refractivity contribution is -0.121. The fourth-order valence-corrected chi connectivity index (χ4v) is 3.31. The average molecular weight is 377 g/mol. The number of guanidine groups is 1. The van der Waals surface area contributed by atoms with Crippen molar-refractivity contribution >= 4 is 11.9 Å². The van der Waals surface area contributed by atoms with Crippen molar-refractivity contribution in [2.24, 2.45) is 10.9 Å². The third-order valence-electron chi connectivity index (χ3n) is 4.91. The van der Waals surface area contributed by atoms with Crippen molar-refractivity contribution < 1.29 is 14.6 Å². The maximum atomic E-state index is 11.6. The van der Waals surface area contributed by atoms with Gasteiger partial charge in [0.1, 0.15) is 0 Å². The molecule has 1 aliphatic heterocycles. The molecule has 150 valence electrons. The average Bonchev–Trinajstić information content (AvgIpc) is 2.69.